The second-order valence-electron chi connectivity index (χ2n) is 4.40. The van der Waals surface area contributed by atoms with Gasteiger partial charge in [-0.15, -0.1) is 12.4 Å². The number of amides is 2. The van der Waals surface area contributed by atoms with E-state index in [0.717, 1.165) is 0 Å². The van der Waals surface area contributed by atoms with Gasteiger partial charge < -0.3 is 15.7 Å². The molecule has 0 radical (unpaired) electrons. The number of carboxylic acids is 1. The van der Waals surface area contributed by atoms with Gasteiger partial charge in [-0.3, -0.25) is 19.3 Å². The Morgan fingerprint density at radius 3 is 2.45 bits per heavy atom. The quantitative estimate of drug-likeness (QED) is 0.677. The number of carboxylic acid groups (broad SMARTS) is 1. The van der Waals surface area contributed by atoms with Gasteiger partial charge in [-0.05, 0) is 25.2 Å². The molecule has 0 spiro atoms. The molecule has 122 valence electrons. The summed E-state index contributed by atoms with van der Waals surface area (Å²) in [6, 6.07) is 6.71. The molecule has 0 aliphatic carbocycles. The molecule has 0 saturated carbocycles. The van der Waals surface area contributed by atoms with Crippen LogP contribution in [0.3, 0.4) is 0 Å². The molecule has 3 N–H and O–H groups in total. The van der Waals surface area contributed by atoms with Gasteiger partial charge in [-0.2, -0.15) is 0 Å². The van der Waals surface area contributed by atoms with E-state index in [1.54, 1.807) is 31.3 Å². The van der Waals surface area contributed by atoms with Gasteiger partial charge in [0.1, 0.15) is 6.54 Å². The first-order valence-corrected chi connectivity index (χ1v) is 6.47. The molecular weight excluding hydrogens is 333 g/mol. The van der Waals surface area contributed by atoms with Gasteiger partial charge in [0.15, 0.2) is 0 Å². The summed E-state index contributed by atoms with van der Waals surface area (Å²) in [6.45, 7) is -0.523. The van der Waals surface area contributed by atoms with E-state index in [9.17, 15) is 14.4 Å². The van der Waals surface area contributed by atoms with Crippen molar-refractivity contribution >= 4 is 47.5 Å². The van der Waals surface area contributed by atoms with Crippen LogP contribution in [0.5, 0.6) is 0 Å². The zero-order chi connectivity index (χ0) is 15.8. The molecule has 0 bridgehead atoms. The van der Waals surface area contributed by atoms with Crippen LogP contribution in [0.1, 0.15) is 0 Å². The lowest BCUT2D eigenvalue weighted by Gasteiger charge is -2.15. The molecule has 2 amide bonds. The number of anilines is 1. The number of hydrogen-bond acceptors (Lipinski definition) is 4. The van der Waals surface area contributed by atoms with E-state index in [0.29, 0.717) is 10.7 Å². The van der Waals surface area contributed by atoms with E-state index in [4.69, 9.17) is 16.7 Å². The maximum atomic E-state index is 11.8. The van der Waals surface area contributed by atoms with Crippen LogP contribution in [0, 0.1) is 0 Å². The summed E-state index contributed by atoms with van der Waals surface area (Å²) in [5.74, 6) is -1.88. The normalized spacial score (nSPS) is 9.77. The van der Waals surface area contributed by atoms with Crippen molar-refractivity contribution in [2.45, 2.75) is 0 Å². The van der Waals surface area contributed by atoms with E-state index < -0.39 is 18.4 Å². The average molecular weight is 350 g/mol. The maximum absolute atomic E-state index is 11.8. The molecule has 0 fully saturated rings. The second-order valence-corrected chi connectivity index (χ2v) is 4.84. The van der Waals surface area contributed by atoms with Crippen LogP contribution < -0.4 is 10.6 Å². The van der Waals surface area contributed by atoms with Crippen LogP contribution in [-0.2, 0) is 14.4 Å². The molecule has 0 aromatic heterocycles. The predicted molar refractivity (Wildman–Crippen MR) is 85.5 cm³/mol. The van der Waals surface area contributed by atoms with Crippen molar-refractivity contribution in [2.75, 3.05) is 32.0 Å². The fourth-order valence-corrected chi connectivity index (χ4v) is 1.73. The van der Waals surface area contributed by atoms with Crippen molar-refractivity contribution in [2.24, 2.45) is 0 Å². The minimum atomic E-state index is -1.12. The Hall–Kier alpha value is -1.83. The summed E-state index contributed by atoms with van der Waals surface area (Å²) in [5.41, 5.74) is 0.566. The summed E-state index contributed by atoms with van der Waals surface area (Å²) in [4.78, 5) is 34.9. The van der Waals surface area contributed by atoms with Crippen LogP contribution in [0.25, 0.3) is 0 Å². The lowest BCUT2D eigenvalue weighted by molar-refractivity contribution is -0.138. The molecule has 1 rings (SSSR count). The minimum Gasteiger partial charge on any atom is -0.480 e. The number of carbonyl (C=O) groups excluding carboxylic acids is 2. The molecule has 0 aliphatic heterocycles. The van der Waals surface area contributed by atoms with Crippen LogP contribution >= 0.6 is 24.0 Å². The minimum absolute atomic E-state index is 0. The Morgan fingerprint density at radius 1 is 1.23 bits per heavy atom. The molecule has 0 heterocycles. The molecule has 1 aromatic carbocycles. The zero-order valence-corrected chi connectivity index (χ0v) is 13.4. The van der Waals surface area contributed by atoms with Crippen molar-refractivity contribution in [3.8, 4) is 0 Å². The Morgan fingerprint density at radius 2 is 1.86 bits per heavy atom. The summed E-state index contributed by atoms with van der Waals surface area (Å²) < 4.78 is 0. The topological polar surface area (TPSA) is 98.7 Å². The van der Waals surface area contributed by atoms with Crippen LogP contribution in [0.15, 0.2) is 24.3 Å². The van der Waals surface area contributed by atoms with E-state index in [1.165, 1.54) is 4.90 Å². The number of likely N-dealkylation sites (N-methyl/N-ethyl adjacent to an activating group) is 1. The highest BCUT2D eigenvalue weighted by atomic mass is 35.5. The van der Waals surface area contributed by atoms with Crippen molar-refractivity contribution < 1.29 is 19.5 Å². The fraction of sp³-hybridized carbons (Fsp3) is 0.308. The average Bonchev–Trinajstić information content (AvgIpc) is 2.35. The number of rotatable bonds is 7. The third-order valence-electron chi connectivity index (χ3n) is 2.37. The lowest BCUT2D eigenvalue weighted by atomic mass is 10.3. The van der Waals surface area contributed by atoms with Crippen LogP contribution in [-0.4, -0.2) is 54.5 Å². The van der Waals surface area contributed by atoms with E-state index in [-0.39, 0.29) is 31.4 Å². The van der Waals surface area contributed by atoms with Gasteiger partial charge in [0.2, 0.25) is 11.8 Å². The highest BCUT2D eigenvalue weighted by molar-refractivity contribution is 6.30. The van der Waals surface area contributed by atoms with E-state index >= 15 is 0 Å². The van der Waals surface area contributed by atoms with Crippen LogP contribution in [0.2, 0.25) is 5.02 Å². The monoisotopic (exact) mass is 349 g/mol. The zero-order valence-electron chi connectivity index (χ0n) is 11.8. The Kier molecular flexibility index (Phi) is 9.16. The summed E-state index contributed by atoms with van der Waals surface area (Å²) >= 11 is 5.80. The van der Waals surface area contributed by atoms with Crippen molar-refractivity contribution in [3.05, 3.63) is 29.3 Å². The van der Waals surface area contributed by atoms with Gasteiger partial charge in [0.05, 0.1) is 13.1 Å². The molecule has 0 unspecified atom stereocenters. The largest absolute Gasteiger partial charge is 0.480 e. The first-order chi connectivity index (χ1) is 9.86. The SMILES string of the molecule is CN(CC(=O)NCC(=O)O)CC(=O)Nc1cccc(Cl)c1.Cl. The standard InChI is InChI=1S/C13H16ClN3O4.ClH/c1-17(7-11(18)15-6-13(20)21)8-12(19)16-10-4-2-3-9(14)5-10;/h2-5H,6-8H2,1H3,(H,15,18)(H,16,19)(H,20,21);1H. The molecule has 1 aromatic rings. The first kappa shape index (κ1) is 20.2. The van der Waals surface area contributed by atoms with Crippen molar-refractivity contribution in [3.63, 3.8) is 0 Å². The molecule has 0 saturated heterocycles. The number of halogens is 2. The summed E-state index contributed by atoms with van der Waals surface area (Å²) in [7, 11) is 1.58. The third kappa shape index (κ3) is 8.46. The van der Waals surface area contributed by atoms with Gasteiger partial charge in [-0.25, -0.2) is 0 Å². The third-order valence-corrected chi connectivity index (χ3v) is 2.61. The predicted octanol–water partition coefficient (Wildman–Crippen LogP) is 0.833. The molecule has 22 heavy (non-hydrogen) atoms. The highest BCUT2D eigenvalue weighted by Crippen LogP contribution is 2.14. The highest BCUT2D eigenvalue weighted by Gasteiger charge is 2.11. The first-order valence-electron chi connectivity index (χ1n) is 6.09. The summed E-state index contributed by atoms with van der Waals surface area (Å²) in [6.07, 6.45) is 0. The van der Waals surface area contributed by atoms with Crippen LogP contribution in [0.4, 0.5) is 5.69 Å². The van der Waals surface area contributed by atoms with Crippen molar-refractivity contribution in [1.29, 1.82) is 0 Å². The fourth-order valence-electron chi connectivity index (χ4n) is 1.54. The Bertz CT molecular complexity index is 540. The van der Waals surface area contributed by atoms with Gasteiger partial charge in [0, 0.05) is 10.7 Å². The molecule has 0 atom stereocenters. The number of nitrogens with zero attached hydrogens (tertiary/aromatic N) is 1. The Balaban J connectivity index is 0.00000441. The van der Waals surface area contributed by atoms with Gasteiger partial charge in [-0.1, -0.05) is 17.7 Å². The maximum Gasteiger partial charge on any atom is 0.322 e. The number of aliphatic carboxylic acids is 1. The molecule has 7 nitrogen and oxygen atoms in total. The number of carbonyl (C=O) groups is 3. The van der Waals surface area contributed by atoms with Crippen molar-refractivity contribution in [1.82, 2.24) is 10.2 Å². The molecular formula is C13H17Cl2N3O4. The number of hydrogen-bond donors (Lipinski definition) is 3. The number of nitrogens with one attached hydrogen (secondary N) is 2. The van der Waals surface area contributed by atoms with Gasteiger partial charge in [0.25, 0.3) is 0 Å². The summed E-state index contributed by atoms with van der Waals surface area (Å²) in [5, 5.41) is 13.8. The second kappa shape index (κ2) is 9.99. The number of benzene rings is 1. The molecule has 0 aliphatic rings. The van der Waals surface area contributed by atoms with Gasteiger partial charge >= 0.3 is 5.97 Å². The Labute approximate surface area is 139 Å². The van der Waals surface area contributed by atoms with E-state index in [2.05, 4.69) is 10.6 Å². The lowest BCUT2D eigenvalue weighted by Crippen LogP contribution is -2.40. The smallest absolute Gasteiger partial charge is 0.322 e. The van der Waals surface area contributed by atoms with E-state index in [1.807, 2.05) is 0 Å². The molecule has 9 heteroatoms.